The molecule has 1 N–H and O–H groups in total. The zero-order valence-electron chi connectivity index (χ0n) is 9.17. The Hall–Kier alpha value is -0.120. The van der Waals surface area contributed by atoms with Gasteiger partial charge in [0.25, 0.3) is 0 Å². The van der Waals surface area contributed by atoms with E-state index in [-0.39, 0.29) is 0 Å². The third-order valence-electron chi connectivity index (χ3n) is 3.39. The van der Waals surface area contributed by atoms with E-state index in [1.165, 1.54) is 19.4 Å². The lowest BCUT2D eigenvalue weighted by Crippen LogP contribution is -2.40. The van der Waals surface area contributed by atoms with Crippen molar-refractivity contribution in [1.29, 1.82) is 0 Å². The third-order valence-corrected chi connectivity index (χ3v) is 3.39. The van der Waals surface area contributed by atoms with Crippen LogP contribution in [0.4, 0.5) is 0 Å². The van der Waals surface area contributed by atoms with Gasteiger partial charge in [0, 0.05) is 32.2 Å². The maximum Gasteiger partial charge on any atom is 0.0594 e. The molecule has 1 saturated carbocycles. The Morgan fingerprint density at radius 2 is 2.14 bits per heavy atom. The van der Waals surface area contributed by atoms with Gasteiger partial charge in [0.05, 0.1) is 13.2 Å². The van der Waals surface area contributed by atoms with Crippen molar-refractivity contribution in [2.75, 3.05) is 39.4 Å². The first kappa shape index (κ1) is 10.4. The lowest BCUT2D eigenvalue weighted by atomic mass is 10.3. The van der Waals surface area contributed by atoms with E-state index in [9.17, 15) is 0 Å². The molecule has 0 radical (unpaired) electrons. The highest BCUT2D eigenvalue weighted by molar-refractivity contribution is 4.91. The monoisotopic (exact) mass is 198 g/mol. The first-order valence-corrected chi connectivity index (χ1v) is 5.93. The molecule has 0 amide bonds. The van der Waals surface area contributed by atoms with Crippen LogP contribution in [0.15, 0.2) is 0 Å². The van der Waals surface area contributed by atoms with Gasteiger partial charge in [-0.05, 0) is 12.3 Å². The molecule has 2 unspecified atom stereocenters. The minimum atomic E-state index is 0.834. The fourth-order valence-corrected chi connectivity index (χ4v) is 2.18. The van der Waals surface area contributed by atoms with Crippen LogP contribution in [0, 0.1) is 5.92 Å². The summed E-state index contributed by atoms with van der Waals surface area (Å²) in [5.74, 6) is 0.972. The lowest BCUT2D eigenvalue weighted by Gasteiger charge is -2.26. The molecular formula is C11H22N2O. The zero-order chi connectivity index (χ0) is 9.80. The molecule has 2 rings (SSSR count). The number of hydrogen-bond acceptors (Lipinski definition) is 3. The van der Waals surface area contributed by atoms with Crippen LogP contribution in [0.3, 0.4) is 0 Å². The number of rotatable bonds is 5. The summed E-state index contributed by atoms with van der Waals surface area (Å²) in [5.41, 5.74) is 0. The van der Waals surface area contributed by atoms with Gasteiger partial charge in [-0.3, -0.25) is 4.90 Å². The zero-order valence-corrected chi connectivity index (χ0v) is 9.17. The van der Waals surface area contributed by atoms with Crippen molar-refractivity contribution in [3.05, 3.63) is 0 Å². The van der Waals surface area contributed by atoms with E-state index in [0.717, 1.165) is 44.8 Å². The van der Waals surface area contributed by atoms with Crippen molar-refractivity contribution in [2.24, 2.45) is 5.92 Å². The van der Waals surface area contributed by atoms with E-state index in [2.05, 4.69) is 17.1 Å². The summed E-state index contributed by atoms with van der Waals surface area (Å²) in [6.07, 6.45) is 2.74. The van der Waals surface area contributed by atoms with Gasteiger partial charge in [-0.25, -0.2) is 0 Å². The highest BCUT2D eigenvalue weighted by Gasteiger charge is 2.34. The van der Waals surface area contributed by atoms with E-state index in [4.69, 9.17) is 4.74 Å². The van der Waals surface area contributed by atoms with Crippen LogP contribution < -0.4 is 5.32 Å². The van der Waals surface area contributed by atoms with E-state index in [0.29, 0.717) is 0 Å². The molecule has 1 saturated heterocycles. The summed E-state index contributed by atoms with van der Waals surface area (Å²) < 4.78 is 5.31. The van der Waals surface area contributed by atoms with Gasteiger partial charge in [0.2, 0.25) is 0 Å². The van der Waals surface area contributed by atoms with Crippen LogP contribution in [0.2, 0.25) is 0 Å². The fraction of sp³-hybridized carbons (Fsp3) is 1.00. The van der Waals surface area contributed by atoms with Crippen LogP contribution in [0.25, 0.3) is 0 Å². The van der Waals surface area contributed by atoms with Crippen LogP contribution in [-0.4, -0.2) is 50.3 Å². The first-order chi connectivity index (χ1) is 6.90. The molecule has 0 bridgehead atoms. The SMILES string of the molecule is CCC1CC1NCCN1CCOCC1. The third kappa shape index (κ3) is 2.94. The van der Waals surface area contributed by atoms with Crippen LogP contribution >= 0.6 is 0 Å². The molecule has 2 atom stereocenters. The molecule has 2 aliphatic rings. The highest BCUT2D eigenvalue weighted by atomic mass is 16.5. The Balaban J connectivity index is 1.50. The van der Waals surface area contributed by atoms with Crippen molar-refractivity contribution in [2.45, 2.75) is 25.8 Å². The van der Waals surface area contributed by atoms with Crippen LogP contribution in [0.5, 0.6) is 0 Å². The van der Waals surface area contributed by atoms with Gasteiger partial charge in [-0.15, -0.1) is 0 Å². The molecule has 0 aromatic rings. The van der Waals surface area contributed by atoms with Gasteiger partial charge >= 0.3 is 0 Å². The Bertz CT molecular complexity index is 169. The maximum atomic E-state index is 5.31. The van der Waals surface area contributed by atoms with Gasteiger partial charge in [-0.2, -0.15) is 0 Å². The number of morpholine rings is 1. The fourth-order valence-electron chi connectivity index (χ4n) is 2.18. The minimum Gasteiger partial charge on any atom is -0.379 e. The number of hydrogen-bond donors (Lipinski definition) is 1. The van der Waals surface area contributed by atoms with Crippen molar-refractivity contribution >= 4 is 0 Å². The van der Waals surface area contributed by atoms with Crippen molar-refractivity contribution in [3.8, 4) is 0 Å². The molecular weight excluding hydrogens is 176 g/mol. The summed E-state index contributed by atoms with van der Waals surface area (Å²) in [5, 5.41) is 3.62. The Morgan fingerprint density at radius 3 is 2.79 bits per heavy atom. The maximum absolute atomic E-state index is 5.31. The average molecular weight is 198 g/mol. The molecule has 0 spiro atoms. The average Bonchev–Trinajstić information content (AvgIpc) is 2.98. The van der Waals surface area contributed by atoms with Gasteiger partial charge in [0.15, 0.2) is 0 Å². The Kier molecular flexibility index (Phi) is 3.79. The van der Waals surface area contributed by atoms with Crippen molar-refractivity contribution < 1.29 is 4.74 Å². The molecule has 1 aliphatic carbocycles. The van der Waals surface area contributed by atoms with Crippen LogP contribution in [-0.2, 0) is 4.74 Å². The standard InChI is InChI=1S/C11H22N2O/c1-2-10-9-11(10)12-3-4-13-5-7-14-8-6-13/h10-12H,2-9H2,1H3. The quantitative estimate of drug-likeness (QED) is 0.704. The van der Waals surface area contributed by atoms with Crippen LogP contribution in [0.1, 0.15) is 19.8 Å². The molecule has 1 heterocycles. The molecule has 0 aromatic heterocycles. The predicted octanol–water partition coefficient (Wildman–Crippen LogP) is 0.707. The van der Waals surface area contributed by atoms with E-state index < -0.39 is 0 Å². The molecule has 2 fully saturated rings. The number of ether oxygens (including phenoxy) is 1. The summed E-state index contributed by atoms with van der Waals surface area (Å²) >= 11 is 0. The second kappa shape index (κ2) is 5.10. The normalized spacial score (nSPS) is 33.2. The molecule has 82 valence electrons. The molecule has 3 nitrogen and oxygen atoms in total. The van der Waals surface area contributed by atoms with E-state index in [1.54, 1.807) is 0 Å². The second-order valence-corrected chi connectivity index (χ2v) is 4.42. The van der Waals surface area contributed by atoms with Gasteiger partial charge < -0.3 is 10.1 Å². The largest absolute Gasteiger partial charge is 0.379 e. The minimum absolute atomic E-state index is 0.834. The van der Waals surface area contributed by atoms with E-state index >= 15 is 0 Å². The Morgan fingerprint density at radius 1 is 1.36 bits per heavy atom. The number of nitrogens with zero attached hydrogens (tertiary/aromatic N) is 1. The summed E-state index contributed by atoms with van der Waals surface area (Å²) in [4.78, 5) is 2.49. The highest BCUT2D eigenvalue weighted by Crippen LogP contribution is 2.32. The lowest BCUT2D eigenvalue weighted by molar-refractivity contribution is 0.0383. The molecule has 1 aliphatic heterocycles. The molecule has 3 heteroatoms. The molecule has 14 heavy (non-hydrogen) atoms. The summed E-state index contributed by atoms with van der Waals surface area (Å²) in [6.45, 7) is 8.70. The number of nitrogens with one attached hydrogen (secondary N) is 1. The molecule has 0 aromatic carbocycles. The topological polar surface area (TPSA) is 24.5 Å². The second-order valence-electron chi connectivity index (χ2n) is 4.42. The summed E-state index contributed by atoms with van der Waals surface area (Å²) in [7, 11) is 0. The van der Waals surface area contributed by atoms with Crippen molar-refractivity contribution in [1.82, 2.24) is 10.2 Å². The Labute approximate surface area is 86.8 Å². The van der Waals surface area contributed by atoms with E-state index in [1.807, 2.05) is 0 Å². The van der Waals surface area contributed by atoms with Crippen molar-refractivity contribution in [3.63, 3.8) is 0 Å². The first-order valence-electron chi connectivity index (χ1n) is 5.93. The predicted molar refractivity (Wildman–Crippen MR) is 57.4 cm³/mol. The smallest absolute Gasteiger partial charge is 0.0594 e. The van der Waals surface area contributed by atoms with Gasteiger partial charge in [-0.1, -0.05) is 13.3 Å². The summed E-state index contributed by atoms with van der Waals surface area (Å²) in [6, 6.07) is 0.834. The van der Waals surface area contributed by atoms with Gasteiger partial charge in [0.1, 0.15) is 0 Å².